The van der Waals surface area contributed by atoms with Crippen molar-refractivity contribution in [3.63, 3.8) is 0 Å². The predicted molar refractivity (Wildman–Crippen MR) is 94.5 cm³/mol. The first kappa shape index (κ1) is 16.3. The number of ketones is 1. The molecule has 3 rings (SSSR count). The number of fused-ring (bicyclic) bond motifs is 1. The van der Waals surface area contributed by atoms with Gasteiger partial charge < -0.3 is 9.27 Å². The molecule has 0 bridgehead atoms. The number of pyridine rings is 1. The van der Waals surface area contributed by atoms with E-state index in [-0.39, 0.29) is 5.78 Å². The number of anilines is 1. The van der Waals surface area contributed by atoms with Crippen LogP contribution in [-0.2, 0) is 11.3 Å². The van der Waals surface area contributed by atoms with E-state index < -0.39 is 11.3 Å². The molecule has 0 saturated carbocycles. The molecule has 0 radical (unpaired) electrons. The largest absolute Gasteiger partial charge is 0.755 e. The molecular weight excluding hydrogens is 324 g/mol. The minimum atomic E-state index is -2.42. The van der Waals surface area contributed by atoms with E-state index in [2.05, 4.69) is 9.71 Å². The molecule has 1 aromatic heterocycles. The van der Waals surface area contributed by atoms with Crippen molar-refractivity contribution in [3.8, 4) is 11.1 Å². The molecule has 0 aliphatic carbocycles. The maximum absolute atomic E-state index is 12.2. The summed E-state index contributed by atoms with van der Waals surface area (Å²) < 4.78 is 24.2. The Kier molecular flexibility index (Phi) is 4.42. The third kappa shape index (κ3) is 3.06. The lowest BCUT2D eigenvalue weighted by Gasteiger charge is -2.16. The number of carbonyl (C=O) groups excluding carboxylic acids is 1. The van der Waals surface area contributed by atoms with Crippen molar-refractivity contribution >= 4 is 33.6 Å². The van der Waals surface area contributed by atoms with E-state index in [1.165, 1.54) is 6.92 Å². The number of Topliss-reactive ketones (excluding diaryl/α,β-unsaturated/α-hetero) is 1. The first-order valence-electron chi connectivity index (χ1n) is 7.34. The standard InChI is InChI=1S/C18H16N2O3S/c1-11-17(12(2)21)18(13-6-4-3-5-7-13)15-10-14(20-24(22)23)8-9-16(15)19-11/h3-10,20H,1-2H3,(H,22,23)/p-1. The smallest absolute Gasteiger partial charge is 0.162 e. The fourth-order valence-corrected chi connectivity index (χ4v) is 3.20. The van der Waals surface area contributed by atoms with Crippen LogP contribution in [0.5, 0.6) is 0 Å². The third-order valence-corrected chi connectivity index (χ3v) is 4.18. The molecule has 2 aromatic carbocycles. The van der Waals surface area contributed by atoms with Crippen molar-refractivity contribution in [1.82, 2.24) is 4.98 Å². The molecule has 24 heavy (non-hydrogen) atoms. The number of aromatic nitrogens is 1. The van der Waals surface area contributed by atoms with Crippen molar-refractivity contribution in [2.75, 3.05) is 4.72 Å². The van der Waals surface area contributed by atoms with Gasteiger partial charge in [0.2, 0.25) is 0 Å². The van der Waals surface area contributed by atoms with Gasteiger partial charge in [-0.1, -0.05) is 30.3 Å². The van der Waals surface area contributed by atoms with E-state index in [9.17, 15) is 13.6 Å². The fraction of sp³-hybridized carbons (Fsp3) is 0.111. The second-order valence-corrected chi connectivity index (χ2v) is 6.11. The molecule has 0 fully saturated rings. The van der Waals surface area contributed by atoms with Crippen molar-refractivity contribution in [2.45, 2.75) is 13.8 Å². The molecule has 1 unspecified atom stereocenters. The first-order chi connectivity index (χ1) is 11.5. The summed E-state index contributed by atoms with van der Waals surface area (Å²) in [6.07, 6.45) is 0. The second kappa shape index (κ2) is 6.51. The number of hydrogen-bond acceptors (Lipinski definition) is 4. The van der Waals surface area contributed by atoms with Gasteiger partial charge >= 0.3 is 0 Å². The van der Waals surface area contributed by atoms with Gasteiger partial charge in [0.15, 0.2) is 5.78 Å². The van der Waals surface area contributed by atoms with E-state index in [4.69, 9.17) is 0 Å². The normalized spacial score (nSPS) is 12.1. The highest BCUT2D eigenvalue weighted by molar-refractivity contribution is 7.80. The Bertz CT molecular complexity index is 955. The van der Waals surface area contributed by atoms with Gasteiger partial charge in [-0.3, -0.25) is 14.0 Å². The summed E-state index contributed by atoms with van der Waals surface area (Å²) in [6, 6.07) is 14.6. The zero-order valence-electron chi connectivity index (χ0n) is 13.2. The van der Waals surface area contributed by atoms with Gasteiger partial charge in [0.1, 0.15) is 0 Å². The highest BCUT2D eigenvalue weighted by atomic mass is 32.2. The van der Waals surface area contributed by atoms with E-state index in [0.717, 1.165) is 16.5 Å². The molecule has 0 amide bonds. The average molecular weight is 339 g/mol. The summed E-state index contributed by atoms with van der Waals surface area (Å²) in [4.78, 5) is 16.7. The molecule has 0 aliphatic rings. The number of nitrogens with one attached hydrogen (secondary N) is 1. The summed E-state index contributed by atoms with van der Waals surface area (Å²) in [5.74, 6) is -0.0773. The van der Waals surface area contributed by atoms with Gasteiger partial charge in [-0.2, -0.15) is 0 Å². The minimum Gasteiger partial charge on any atom is -0.755 e. The van der Waals surface area contributed by atoms with E-state index in [1.54, 1.807) is 18.2 Å². The molecular formula is C18H15N2O3S-. The van der Waals surface area contributed by atoms with Crippen molar-refractivity contribution in [3.05, 3.63) is 59.8 Å². The van der Waals surface area contributed by atoms with Gasteiger partial charge in [-0.25, -0.2) is 0 Å². The monoisotopic (exact) mass is 339 g/mol. The highest BCUT2D eigenvalue weighted by Crippen LogP contribution is 2.34. The Labute approximate surface area is 142 Å². The molecule has 6 heteroatoms. The Morgan fingerprint density at radius 1 is 1.17 bits per heavy atom. The maximum atomic E-state index is 12.2. The van der Waals surface area contributed by atoms with Crippen molar-refractivity contribution < 1.29 is 13.6 Å². The molecule has 0 spiro atoms. The van der Waals surface area contributed by atoms with E-state index >= 15 is 0 Å². The Morgan fingerprint density at radius 2 is 1.88 bits per heavy atom. The summed E-state index contributed by atoms with van der Waals surface area (Å²) in [5.41, 5.74) is 3.99. The zero-order chi connectivity index (χ0) is 17.3. The lowest BCUT2D eigenvalue weighted by atomic mass is 9.92. The van der Waals surface area contributed by atoms with Crippen LogP contribution in [-0.4, -0.2) is 19.5 Å². The second-order valence-electron chi connectivity index (χ2n) is 5.44. The molecule has 1 atom stereocenters. The molecule has 1 N–H and O–H groups in total. The van der Waals surface area contributed by atoms with Crippen LogP contribution in [0.3, 0.4) is 0 Å². The van der Waals surface area contributed by atoms with Gasteiger partial charge in [-0.15, -0.1) is 0 Å². The number of hydrogen-bond donors (Lipinski definition) is 1. The Hall–Kier alpha value is -2.57. The number of nitrogens with zero attached hydrogens (tertiary/aromatic N) is 1. The average Bonchev–Trinajstić information content (AvgIpc) is 2.54. The quantitative estimate of drug-likeness (QED) is 0.581. The van der Waals surface area contributed by atoms with Crippen LogP contribution in [0.4, 0.5) is 5.69 Å². The van der Waals surface area contributed by atoms with Crippen LogP contribution in [0.15, 0.2) is 48.5 Å². The third-order valence-electron chi connectivity index (χ3n) is 3.78. The van der Waals surface area contributed by atoms with Gasteiger partial charge in [0, 0.05) is 39.2 Å². The molecule has 0 aliphatic heterocycles. The number of carbonyl (C=O) groups is 1. The molecule has 3 aromatic rings. The summed E-state index contributed by atoms with van der Waals surface area (Å²) in [6.45, 7) is 3.32. The van der Waals surface area contributed by atoms with Crippen LogP contribution >= 0.6 is 0 Å². The van der Waals surface area contributed by atoms with Crippen LogP contribution in [0.2, 0.25) is 0 Å². The molecule has 1 heterocycles. The topological polar surface area (TPSA) is 82.1 Å². The molecule has 0 saturated heterocycles. The zero-order valence-corrected chi connectivity index (χ0v) is 14.0. The van der Waals surface area contributed by atoms with E-state index in [0.29, 0.717) is 22.5 Å². The van der Waals surface area contributed by atoms with E-state index in [1.807, 2.05) is 37.3 Å². The van der Waals surface area contributed by atoms with Crippen LogP contribution in [0, 0.1) is 6.92 Å². The first-order valence-corrected chi connectivity index (χ1v) is 8.41. The van der Waals surface area contributed by atoms with Gasteiger partial charge in [0.25, 0.3) is 0 Å². The van der Waals surface area contributed by atoms with Crippen LogP contribution in [0.25, 0.3) is 22.0 Å². The van der Waals surface area contributed by atoms with Crippen LogP contribution < -0.4 is 4.72 Å². The Morgan fingerprint density at radius 3 is 2.50 bits per heavy atom. The summed E-state index contributed by atoms with van der Waals surface area (Å²) in [5, 5.41) is 0.729. The van der Waals surface area contributed by atoms with Gasteiger partial charge in [0.05, 0.1) is 5.52 Å². The van der Waals surface area contributed by atoms with Gasteiger partial charge in [-0.05, 0) is 37.6 Å². The van der Waals surface area contributed by atoms with Crippen molar-refractivity contribution in [2.24, 2.45) is 0 Å². The van der Waals surface area contributed by atoms with Crippen molar-refractivity contribution in [1.29, 1.82) is 0 Å². The SMILES string of the molecule is CC(=O)c1c(C)nc2ccc(NS(=O)[O-])cc2c1-c1ccccc1. The minimum absolute atomic E-state index is 0.0773. The Balaban J connectivity index is 2.39. The maximum Gasteiger partial charge on any atom is 0.162 e. The number of benzene rings is 2. The summed E-state index contributed by atoms with van der Waals surface area (Å²) >= 11 is -2.42. The lowest BCUT2D eigenvalue weighted by molar-refractivity contribution is 0.101. The number of aryl methyl sites for hydroxylation is 1. The number of rotatable bonds is 4. The van der Waals surface area contributed by atoms with Crippen LogP contribution in [0.1, 0.15) is 23.0 Å². The predicted octanol–water partition coefficient (Wildman–Crippen LogP) is 3.62. The molecule has 122 valence electrons. The fourth-order valence-electron chi connectivity index (χ4n) is 2.88. The highest BCUT2D eigenvalue weighted by Gasteiger charge is 2.18. The summed E-state index contributed by atoms with van der Waals surface area (Å²) in [7, 11) is 0. The lowest BCUT2D eigenvalue weighted by Crippen LogP contribution is -2.05. The molecule has 5 nitrogen and oxygen atoms in total.